The Morgan fingerprint density at radius 3 is 2.65 bits per heavy atom. The van der Waals surface area contributed by atoms with Crippen LogP contribution in [0.3, 0.4) is 0 Å². The average Bonchev–Trinajstić information content (AvgIpc) is 2.66. The van der Waals surface area contributed by atoms with Crippen LogP contribution in [0.25, 0.3) is 0 Å². The maximum atomic E-state index is 9.01. The fourth-order valence-electron chi connectivity index (χ4n) is 2.57. The lowest BCUT2D eigenvalue weighted by molar-refractivity contribution is 0.410. The van der Waals surface area contributed by atoms with Crippen LogP contribution in [0.4, 0.5) is 17.3 Å². The first kappa shape index (κ1) is 17.2. The second-order valence-electron chi connectivity index (χ2n) is 5.67. The molecule has 0 aliphatic heterocycles. The first-order valence-electron chi connectivity index (χ1n) is 8.16. The zero-order valence-electron chi connectivity index (χ0n) is 14.7. The Morgan fingerprint density at radius 1 is 1.04 bits per heavy atom. The number of benzene rings is 2. The summed E-state index contributed by atoms with van der Waals surface area (Å²) < 4.78 is 5.37. The lowest BCUT2D eigenvalue weighted by Crippen LogP contribution is -2.06. The van der Waals surface area contributed by atoms with Gasteiger partial charge in [-0.05, 0) is 31.2 Å². The quantitative estimate of drug-likeness (QED) is 0.702. The molecule has 0 atom stereocenters. The first-order chi connectivity index (χ1) is 12.7. The van der Waals surface area contributed by atoms with E-state index in [4.69, 9.17) is 10.00 Å². The lowest BCUT2D eigenvalue weighted by atomic mass is 10.2. The summed E-state index contributed by atoms with van der Waals surface area (Å²) in [5.41, 5.74) is 2.44. The molecule has 1 aromatic heterocycles. The van der Waals surface area contributed by atoms with E-state index < -0.39 is 0 Å². The Kier molecular flexibility index (Phi) is 5.30. The summed E-state index contributed by atoms with van der Waals surface area (Å²) in [6, 6.07) is 19.1. The number of methoxy groups -OCH3 is 1. The van der Waals surface area contributed by atoms with Gasteiger partial charge >= 0.3 is 0 Å². The molecule has 0 spiro atoms. The molecule has 3 aromatic rings. The Balaban J connectivity index is 1.76. The molecule has 0 saturated carbocycles. The van der Waals surface area contributed by atoms with Crippen LogP contribution in [-0.2, 0) is 6.54 Å². The van der Waals surface area contributed by atoms with E-state index in [1.165, 1.54) is 0 Å². The molecule has 0 fully saturated rings. The Hall–Kier alpha value is -3.59. The number of para-hydroxylation sites is 1. The summed E-state index contributed by atoms with van der Waals surface area (Å²) in [6.07, 6.45) is 0. The van der Waals surface area contributed by atoms with E-state index in [-0.39, 0.29) is 0 Å². The standard InChI is InChI=1S/C20H19N5O/c1-14-23-19(22-13-16-7-3-4-9-18(16)26-2)11-20(24-14)25-17-8-5-6-15(10-17)12-21/h3-11H,13H2,1-2H3,(H2,22,23,24,25). The molecule has 0 unspecified atom stereocenters. The van der Waals surface area contributed by atoms with Crippen molar-refractivity contribution in [3.8, 4) is 11.8 Å². The van der Waals surface area contributed by atoms with Crippen LogP contribution in [0.2, 0.25) is 0 Å². The number of aromatic nitrogens is 2. The SMILES string of the molecule is COc1ccccc1CNc1cc(Nc2cccc(C#N)c2)nc(C)n1. The Morgan fingerprint density at radius 2 is 1.85 bits per heavy atom. The second kappa shape index (κ2) is 7.99. The van der Waals surface area contributed by atoms with E-state index in [0.717, 1.165) is 17.0 Å². The van der Waals surface area contributed by atoms with E-state index in [0.29, 0.717) is 29.6 Å². The smallest absolute Gasteiger partial charge is 0.136 e. The molecule has 6 nitrogen and oxygen atoms in total. The number of nitriles is 1. The number of aryl methyl sites for hydroxylation is 1. The van der Waals surface area contributed by atoms with Crippen LogP contribution in [0.15, 0.2) is 54.6 Å². The van der Waals surface area contributed by atoms with Crippen LogP contribution in [-0.4, -0.2) is 17.1 Å². The molecular formula is C20H19N5O. The molecule has 0 radical (unpaired) electrons. The van der Waals surface area contributed by atoms with Crippen molar-refractivity contribution in [1.29, 1.82) is 5.26 Å². The third kappa shape index (κ3) is 4.28. The van der Waals surface area contributed by atoms with Crippen molar-refractivity contribution < 1.29 is 4.74 Å². The topological polar surface area (TPSA) is 82.9 Å². The molecule has 130 valence electrons. The van der Waals surface area contributed by atoms with Gasteiger partial charge in [0, 0.05) is 23.9 Å². The largest absolute Gasteiger partial charge is 0.496 e. The van der Waals surface area contributed by atoms with Gasteiger partial charge < -0.3 is 15.4 Å². The van der Waals surface area contributed by atoms with E-state index >= 15 is 0 Å². The average molecular weight is 345 g/mol. The molecule has 26 heavy (non-hydrogen) atoms. The van der Waals surface area contributed by atoms with Gasteiger partial charge in [0.25, 0.3) is 0 Å². The van der Waals surface area contributed by atoms with Gasteiger partial charge in [-0.3, -0.25) is 0 Å². The van der Waals surface area contributed by atoms with Gasteiger partial charge in [-0.1, -0.05) is 24.3 Å². The number of anilines is 3. The maximum absolute atomic E-state index is 9.01. The third-order valence-electron chi connectivity index (χ3n) is 3.75. The summed E-state index contributed by atoms with van der Waals surface area (Å²) in [5.74, 6) is 2.85. The van der Waals surface area contributed by atoms with Gasteiger partial charge in [-0.2, -0.15) is 5.26 Å². The monoisotopic (exact) mass is 345 g/mol. The van der Waals surface area contributed by atoms with E-state index in [1.807, 2.05) is 49.4 Å². The van der Waals surface area contributed by atoms with Crippen molar-refractivity contribution in [2.24, 2.45) is 0 Å². The zero-order valence-corrected chi connectivity index (χ0v) is 14.7. The zero-order chi connectivity index (χ0) is 18.4. The van der Waals surface area contributed by atoms with Gasteiger partial charge in [0.2, 0.25) is 0 Å². The fourth-order valence-corrected chi connectivity index (χ4v) is 2.57. The maximum Gasteiger partial charge on any atom is 0.136 e. The van der Waals surface area contributed by atoms with Gasteiger partial charge in [0.05, 0.1) is 18.7 Å². The fraction of sp³-hybridized carbons (Fsp3) is 0.150. The number of nitrogens with one attached hydrogen (secondary N) is 2. The molecule has 0 aliphatic rings. The third-order valence-corrected chi connectivity index (χ3v) is 3.75. The highest BCUT2D eigenvalue weighted by atomic mass is 16.5. The summed E-state index contributed by atoms with van der Waals surface area (Å²) in [4.78, 5) is 8.83. The second-order valence-corrected chi connectivity index (χ2v) is 5.67. The molecular weight excluding hydrogens is 326 g/mol. The molecule has 0 bridgehead atoms. The lowest BCUT2D eigenvalue weighted by Gasteiger charge is -2.12. The highest BCUT2D eigenvalue weighted by molar-refractivity contribution is 5.61. The predicted octanol–water partition coefficient (Wildman–Crippen LogP) is 4.02. The molecule has 0 saturated heterocycles. The number of hydrogen-bond acceptors (Lipinski definition) is 6. The van der Waals surface area contributed by atoms with E-state index in [1.54, 1.807) is 19.2 Å². The Labute approximate surface area is 152 Å². The molecule has 3 rings (SSSR count). The van der Waals surface area contributed by atoms with Crippen molar-refractivity contribution in [3.63, 3.8) is 0 Å². The van der Waals surface area contributed by atoms with Gasteiger partial charge in [-0.15, -0.1) is 0 Å². The predicted molar refractivity (Wildman–Crippen MR) is 102 cm³/mol. The summed E-state index contributed by atoms with van der Waals surface area (Å²) >= 11 is 0. The van der Waals surface area contributed by atoms with Crippen molar-refractivity contribution in [2.45, 2.75) is 13.5 Å². The molecule has 2 aromatic carbocycles. The number of nitrogens with zero attached hydrogens (tertiary/aromatic N) is 3. The number of rotatable bonds is 6. The molecule has 0 aliphatic carbocycles. The van der Waals surface area contributed by atoms with Crippen LogP contribution in [0.1, 0.15) is 17.0 Å². The van der Waals surface area contributed by atoms with Crippen LogP contribution in [0, 0.1) is 18.3 Å². The normalized spacial score (nSPS) is 10.0. The highest BCUT2D eigenvalue weighted by Gasteiger charge is 2.05. The minimum atomic E-state index is 0.587. The number of ether oxygens (including phenoxy) is 1. The summed E-state index contributed by atoms with van der Waals surface area (Å²) in [6.45, 7) is 2.43. The minimum Gasteiger partial charge on any atom is -0.496 e. The van der Waals surface area contributed by atoms with Crippen LogP contribution < -0.4 is 15.4 Å². The van der Waals surface area contributed by atoms with Crippen LogP contribution in [0.5, 0.6) is 5.75 Å². The van der Waals surface area contributed by atoms with E-state index in [9.17, 15) is 0 Å². The number of hydrogen-bond donors (Lipinski definition) is 2. The summed E-state index contributed by atoms with van der Waals surface area (Å²) in [7, 11) is 1.66. The van der Waals surface area contributed by atoms with Crippen molar-refractivity contribution in [2.75, 3.05) is 17.7 Å². The summed E-state index contributed by atoms with van der Waals surface area (Å²) in [5, 5.41) is 15.5. The molecule has 2 N–H and O–H groups in total. The van der Waals surface area contributed by atoms with Crippen molar-refractivity contribution in [1.82, 2.24) is 9.97 Å². The highest BCUT2D eigenvalue weighted by Crippen LogP contribution is 2.21. The van der Waals surface area contributed by atoms with Gasteiger partial charge in [0.15, 0.2) is 0 Å². The van der Waals surface area contributed by atoms with Crippen LogP contribution >= 0.6 is 0 Å². The van der Waals surface area contributed by atoms with Crippen molar-refractivity contribution >= 4 is 17.3 Å². The van der Waals surface area contributed by atoms with Gasteiger partial charge in [0.1, 0.15) is 23.2 Å². The minimum absolute atomic E-state index is 0.587. The van der Waals surface area contributed by atoms with Crippen molar-refractivity contribution in [3.05, 3.63) is 71.5 Å². The van der Waals surface area contributed by atoms with E-state index in [2.05, 4.69) is 26.7 Å². The Bertz CT molecular complexity index is 949. The molecule has 6 heteroatoms. The molecule has 0 amide bonds. The van der Waals surface area contributed by atoms with Gasteiger partial charge in [-0.25, -0.2) is 9.97 Å². The first-order valence-corrected chi connectivity index (χ1v) is 8.16. The molecule has 1 heterocycles.